The normalized spacial score (nSPS) is 11.5. The van der Waals surface area contributed by atoms with E-state index < -0.39 is 11.2 Å². The number of rotatable bonds is 5. The van der Waals surface area contributed by atoms with Crippen molar-refractivity contribution in [3.8, 4) is 0 Å². The molecule has 0 aliphatic carbocycles. The van der Waals surface area contributed by atoms with Crippen molar-refractivity contribution in [3.05, 3.63) is 56.7 Å². The predicted octanol–water partition coefficient (Wildman–Crippen LogP) is -0.709. The number of imidazole rings is 1. The number of aliphatic hydroxyl groups excluding tert-OH is 1. The van der Waals surface area contributed by atoms with Crippen molar-refractivity contribution in [2.24, 2.45) is 19.2 Å². The summed E-state index contributed by atoms with van der Waals surface area (Å²) in [6, 6.07) is 9.51. The van der Waals surface area contributed by atoms with Crippen molar-refractivity contribution in [1.29, 1.82) is 0 Å². The van der Waals surface area contributed by atoms with E-state index >= 15 is 0 Å². The number of aromatic nitrogens is 4. The molecule has 0 aliphatic heterocycles. The molecule has 0 amide bonds. The van der Waals surface area contributed by atoms with Crippen molar-refractivity contribution < 1.29 is 9.67 Å². The summed E-state index contributed by atoms with van der Waals surface area (Å²) in [4.78, 5) is 27.5. The number of aliphatic hydroxyl groups is 1. The van der Waals surface area contributed by atoms with Gasteiger partial charge in [0.1, 0.15) is 0 Å². The molecule has 3 N–H and O–H groups in total. The van der Waals surface area contributed by atoms with Crippen LogP contribution >= 0.6 is 0 Å². The molecule has 9 heteroatoms. The topological polar surface area (TPSA) is 108 Å². The van der Waals surface area contributed by atoms with Crippen LogP contribution in [0, 0.1) is 0 Å². The first-order valence-corrected chi connectivity index (χ1v) is 7.71. The zero-order valence-electron chi connectivity index (χ0n) is 13.9. The van der Waals surface area contributed by atoms with Gasteiger partial charge in [-0.05, 0) is 5.56 Å². The molecule has 2 heterocycles. The minimum absolute atomic E-state index is 0.166. The first kappa shape index (κ1) is 16.7. The minimum Gasteiger partial charge on any atom is -0.393 e. The Morgan fingerprint density at radius 3 is 2.64 bits per heavy atom. The highest BCUT2D eigenvalue weighted by Crippen LogP contribution is 2.07. The zero-order chi connectivity index (χ0) is 18.0. The molecule has 0 saturated heterocycles. The maximum absolute atomic E-state index is 12.5. The van der Waals surface area contributed by atoms with Crippen LogP contribution < -0.4 is 21.2 Å². The highest BCUT2D eigenvalue weighted by Gasteiger charge is 2.23. The Hall–Kier alpha value is -3.20. The number of hydrogen-bond acceptors (Lipinski definition) is 5. The fourth-order valence-electron chi connectivity index (χ4n) is 2.62. The smallest absolute Gasteiger partial charge is 0.381 e. The first-order chi connectivity index (χ1) is 12.0. The lowest BCUT2D eigenvalue weighted by Crippen LogP contribution is -2.45. The molecule has 3 rings (SSSR count). The average molecular weight is 343 g/mol. The molecule has 3 aromatic rings. The summed E-state index contributed by atoms with van der Waals surface area (Å²) in [7, 11) is 2.99. The van der Waals surface area contributed by atoms with Gasteiger partial charge in [-0.2, -0.15) is 5.43 Å². The number of nitrogens with zero attached hydrogens (tertiary/aromatic N) is 4. The van der Waals surface area contributed by atoms with Crippen LogP contribution in [0.4, 0.5) is 5.95 Å². The van der Waals surface area contributed by atoms with Gasteiger partial charge in [0.2, 0.25) is 11.2 Å². The van der Waals surface area contributed by atoms with E-state index in [4.69, 9.17) is 0 Å². The lowest BCUT2D eigenvalue weighted by atomic mass is 10.2. The molecule has 0 radical (unpaired) electrons. The van der Waals surface area contributed by atoms with E-state index in [0.29, 0.717) is 11.6 Å². The van der Waals surface area contributed by atoms with E-state index in [0.717, 1.165) is 10.1 Å². The van der Waals surface area contributed by atoms with Crippen LogP contribution in [0.25, 0.3) is 11.2 Å². The molecular weight excluding hydrogens is 324 g/mol. The second-order valence-electron chi connectivity index (χ2n) is 5.53. The molecule has 0 spiro atoms. The van der Waals surface area contributed by atoms with Gasteiger partial charge in [-0.25, -0.2) is 14.3 Å². The van der Waals surface area contributed by atoms with Gasteiger partial charge in [-0.1, -0.05) is 30.3 Å². The van der Waals surface area contributed by atoms with Gasteiger partial charge >= 0.3 is 11.6 Å². The molecule has 9 nitrogen and oxygen atoms in total. The highest BCUT2D eigenvalue weighted by molar-refractivity contribution is 5.79. The van der Waals surface area contributed by atoms with Gasteiger partial charge in [-0.3, -0.25) is 13.9 Å². The van der Waals surface area contributed by atoms with Crippen molar-refractivity contribution in [2.45, 2.75) is 6.54 Å². The second kappa shape index (κ2) is 6.73. The number of hydrazone groups is 1. The van der Waals surface area contributed by atoms with Gasteiger partial charge in [0.25, 0.3) is 5.56 Å². The summed E-state index contributed by atoms with van der Waals surface area (Å²) in [6.45, 7) is 0.0112. The summed E-state index contributed by atoms with van der Waals surface area (Å²) in [5.41, 5.74) is 3.51. The molecule has 0 atom stereocenters. The van der Waals surface area contributed by atoms with E-state index in [-0.39, 0.29) is 18.7 Å². The van der Waals surface area contributed by atoms with Crippen LogP contribution in [0.2, 0.25) is 0 Å². The lowest BCUT2D eigenvalue weighted by molar-refractivity contribution is -0.659. The monoisotopic (exact) mass is 343 g/mol. The third-order valence-corrected chi connectivity index (χ3v) is 3.92. The summed E-state index contributed by atoms with van der Waals surface area (Å²) < 4.78 is 3.94. The van der Waals surface area contributed by atoms with Crippen molar-refractivity contribution in [1.82, 2.24) is 14.1 Å². The molecule has 2 aromatic heterocycles. The molecule has 0 aliphatic rings. The third-order valence-electron chi connectivity index (χ3n) is 3.92. The SMILES string of the molecule is Cn1c(=O)c2c([nH]c(NN=Cc3ccccc3)[n+]2CCO)n(C)c1=O. The molecule has 0 saturated carbocycles. The Morgan fingerprint density at radius 2 is 1.96 bits per heavy atom. The summed E-state index contributed by atoms with van der Waals surface area (Å²) in [5, 5.41) is 13.5. The fourth-order valence-corrected chi connectivity index (χ4v) is 2.62. The third kappa shape index (κ3) is 2.96. The lowest BCUT2D eigenvalue weighted by Gasteiger charge is -2.02. The predicted molar refractivity (Wildman–Crippen MR) is 93.7 cm³/mol. The number of fused-ring (bicyclic) bond motifs is 1. The van der Waals surface area contributed by atoms with Gasteiger partial charge in [0.05, 0.1) is 19.4 Å². The number of benzene rings is 1. The summed E-state index contributed by atoms with van der Waals surface area (Å²) in [5.74, 6) is 0.398. The van der Waals surface area contributed by atoms with E-state index in [9.17, 15) is 14.7 Å². The molecular formula is C16H19N6O3+. The molecule has 130 valence electrons. The largest absolute Gasteiger partial charge is 0.393 e. The Labute approximate surface area is 142 Å². The van der Waals surface area contributed by atoms with Crippen LogP contribution in [-0.2, 0) is 20.6 Å². The van der Waals surface area contributed by atoms with Crippen LogP contribution in [0.3, 0.4) is 0 Å². The maximum atomic E-state index is 12.5. The van der Waals surface area contributed by atoms with Gasteiger partial charge < -0.3 is 5.11 Å². The standard InChI is InChI=1S/C16H18N6O3/c1-20-13-12(14(24)21(2)16(20)25)22(8-9-23)15(18-13)19-17-10-11-6-4-3-5-7-11/h3-7,10,23H,8-9H2,1-2H3,(H,18,19,24)/p+1. The average Bonchev–Trinajstić information content (AvgIpc) is 2.98. The van der Waals surface area contributed by atoms with Crippen LogP contribution in [0.15, 0.2) is 45.0 Å². The quantitative estimate of drug-likeness (QED) is 0.323. The second-order valence-corrected chi connectivity index (χ2v) is 5.53. The maximum Gasteiger partial charge on any atom is 0.381 e. The van der Waals surface area contributed by atoms with Crippen LogP contribution in [0.5, 0.6) is 0 Å². The Kier molecular flexibility index (Phi) is 4.48. The van der Waals surface area contributed by atoms with Gasteiger partial charge in [0.15, 0.2) is 0 Å². The van der Waals surface area contributed by atoms with Crippen LogP contribution in [0.1, 0.15) is 5.56 Å². The Balaban J connectivity index is 2.09. The van der Waals surface area contributed by atoms with Gasteiger partial charge in [0, 0.05) is 14.1 Å². The summed E-state index contributed by atoms with van der Waals surface area (Å²) >= 11 is 0. The zero-order valence-corrected chi connectivity index (χ0v) is 13.9. The molecule has 1 aromatic carbocycles. The van der Waals surface area contributed by atoms with E-state index in [1.54, 1.807) is 17.8 Å². The number of nitrogens with one attached hydrogen (secondary N) is 2. The first-order valence-electron chi connectivity index (χ1n) is 7.71. The number of hydrogen-bond donors (Lipinski definition) is 3. The highest BCUT2D eigenvalue weighted by atomic mass is 16.3. The van der Waals surface area contributed by atoms with Gasteiger partial charge in [-0.15, -0.1) is 5.10 Å². The fraction of sp³-hybridized carbons (Fsp3) is 0.250. The number of H-pyrrole nitrogens is 1. The number of aryl methyl sites for hydroxylation is 1. The molecule has 0 bridgehead atoms. The molecule has 25 heavy (non-hydrogen) atoms. The Bertz CT molecular complexity index is 1050. The van der Waals surface area contributed by atoms with E-state index in [2.05, 4.69) is 15.5 Å². The van der Waals surface area contributed by atoms with Crippen molar-refractivity contribution in [3.63, 3.8) is 0 Å². The minimum atomic E-state index is -0.442. The van der Waals surface area contributed by atoms with Crippen LogP contribution in [-0.4, -0.2) is 32.0 Å². The molecule has 0 fully saturated rings. The number of anilines is 1. The van der Waals surface area contributed by atoms with Crippen molar-refractivity contribution >= 4 is 23.3 Å². The van der Waals surface area contributed by atoms with Crippen molar-refractivity contribution in [2.75, 3.05) is 12.0 Å². The number of aromatic amines is 1. The van der Waals surface area contributed by atoms with E-state index in [1.807, 2.05) is 30.3 Å². The summed E-state index contributed by atoms with van der Waals surface area (Å²) in [6.07, 6.45) is 1.63. The Morgan fingerprint density at radius 1 is 1.24 bits per heavy atom. The molecule has 0 unspecified atom stereocenters. The van der Waals surface area contributed by atoms with E-state index in [1.165, 1.54) is 11.6 Å².